The van der Waals surface area contributed by atoms with Crippen LogP contribution in [0.4, 0.5) is 0 Å². The predicted molar refractivity (Wildman–Crippen MR) is 86.0 cm³/mol. The Morgan fingerprint density at radius 2 is 1.24 bits per heavy atom. The van der Waals surface area contributed by atoms with Crippen molar-refractivity contribution in [1.82, 2.24) is 0 Å². The Hall–Kier alpha value is -1.58. The first kappa shape index (κ1) is 21.7. The fraction of sp³-hybridized carbons (Fsp3) is 0.647. The molecule has 0 unspecified atom stereocenters. The minimum Gasteiger partial charge on any atom is -0.462 e. The highest BCUT2D eigenvalue weighted by Gasteiger charge is 2.01. The van der Waals surface area contributed by atoms with Crippen LogP contribution in [-0.4, -0.2) is 25.2 Å². The normalized spacial score (nSPS) is 9.14. The van der Waals surface area contributed by atoms with Gasteiger partial charge in [0.15, 0.2) is 0 Å². The van der Waals surface area contributed by atoms with Gasteiger partial charge in [-0.15, -0.1) is 0 Å². The van der Waals surface area contributed by atoms with Gasteiger partial charge >= 0.3 is 11.9 Å². The molecule has 0 aliphatic rings. The SMILES string of the molecule is C=C(C)C(=O)OCCC.C=C(C)C(=O)OCCCCCC. The van der Waals surface area contributed by atoms with Gasteiger partial charge in [-0.1, -0.05) is 46.3 Å². The van der Waals surface area contributed by atoms with E-state index >= 15 is 0 Å². The molecule has 122 valence electrons. The van der Waals surface area contributed by atoms with E-state index in [0.29, 0.717) is 24.4 Å². The lowest BCUT2D eigenvalue weighted by atomic mass is 10.2. The zero-order chi connectivity index (χ0) is 16.7. The van der Waals surface area contributed by atoms with Crippen molar-refractivity contribution in [3.05, 3.63) is 24.3 Å². The molecule has 0 fully saturated rings. The summed E-state index contributed by atoms with van der Waals surface area (Å²) in [4.78, 5) is 21.4. The Labute approximate surface area is 129 Å². The van der Waals surface area contributed by atoms with Gasteiger partial charge in [0, 0.05) is 11.1 Å². The molecule has 0 heterocycles. The van der Waals surface area contributed by atoms with E-state index in [0.717, 1.165) is 19.3 Å². The summed E-state index contributed by atoms with van der Waals surface area (Å²) < 4.78 is 9.63. The maximum absolute atomic E-state index is 10.9. The van der Waals surface area contributed by atoms with Gasteiger partial charge in [-0.2, -0.15) is 0 Å². The van der Waals surface area contributed by atoms with Gasteiger partial charge in [-0.05, 0) is 26.7 Å². The topological polar surface area (TPSA) is 52.6 Å². The maximum atomic E-state index is 10.9. The quantitative estimate of drug-likeness (QED) is 0.363. The van der Waals surface area contributed by atoms with Gasteiger partial charge in [0.05, 0.1) is 13.2 Å². The molecule has 0 saturated heterocycles. The number of hydrogen-bond donors (Lipinski definition) is 0. The molecule has 0 aromatic heterocycles. The van der Waals surface area contributed by atoms with Gasteiger partial charge in [-0.25, -0.2) is 9.59 Å². The fourth-order valence-corrected chi connectivity index (χ4v) is 1.13. The van der Waals surface area contributed by atoms with E-state index < -0.39 is 0 Å². The van der Waals surface area contributed by atoms with Crippen molar-refractivity contribution in [2.45, 2.75) is 59.8 Å². The van der Waals surface area contributed by atoms with E-state index in [9.17, 15) is 9.59 Å². The smallest absolute Gasteiger partial charge is 0.333 e. The molecule has 0 N–H and O–H groups in total. The number of esters is 2. The molecule has 4 heteroatoms. The summed E-state index contributed by atoms with van der Waals surface area (Å²) in [5.41, 5.74) is 0.939. The van der Waals surface area contributed by atoms with Crippen molar-refractivity contribution in [3.8, 4) is 0 Å². The van der Waals surface area contributed by atoms with E-state index in [2.05, 4.69) is 20.1 Å². The highest BCUT2D eigenvalue weighted by Crippen LogP contribution is 2.00. The van der Waals surface area contributed by atoms with E-state index in [1.165, 1.54) is 12.8 Å². The molecule has 0 aliphatic heterocycles. The minimum atomic E-state index is -0.295. The highest BCUT2D eigenvalue weighted by molar-refractivity contribution is 5.87. The largest absolute Gasteiger partial charge is 0.462 e. The predicted octanol–water partition coefficient (Wildman–Crippen LogP) is 4.20. The van der Waals surface area contributed by atoms with Gasteiger partial charge in [0.25, 0.3) is 0 Å². The Morgan fingerprint density at radius 3 is 1.62 bits per heavy atom. The van der Waals surface area contributed by atoms with Crippen LogP contribution in [0.15, 0.2) is 24.3 Å². The first-order valence-electron chi connectivity index (χ1n) is 7.52. The third-order valence-electron chi connectivity index (χ3n) is 2.37. The number of carbonyl (C=O) groups excluding carboxylic acids is 2. The molecule has 0 aromatic rings. The number of unbranched alkanes of at least 4 members (excludes halogenated alkanes) is 3. The Balaban J connectivity index is 0. The van der Waals surface area contributed by atoms with Crippen molar-refractivity contribution in [1.29, 1.82) is 0 Å². The lowest BCUT2D eigenvalue weighted by molar-refractivity contribution is -0.139. The van der Waals surface area contributed by atoms with Crippen molar-refractivity contribution in [3.63, 3.8) is 0 Å². The zero-order valence-electron chi connectivity index (χ0n) is 14.0. The van der Waals surface area contributed by atoms with E-state index in [-0.39, 0.29) is 11.9 Å². The minimum absolute atomic E-state index is 0.272. The summed E-state index contributed by atoms with van der Waals surface area (Å²) in [6, 6.07) is 0. The average Bonchev–Trinajstić information content (AvgIpc) is 2.44. The van der Waals surface area contributed by atoms with Crippen LogP contribution < -0.4 is 0 Å². The lowest BCUT2D eigenvalue weighted by Crippen LogP contribution is -2.05. The molecule has 0 amide bonds. The first-order valence-corrected chi connectivity index (χ1v) is 7.52. The molecular weight excluding hydrogens is 268 g/mol. The molecule has 0 spiro atoms. The third-order valence-corrected chi connectivity index (χ3v) is 2.37. The van der Waals surface area contributed by atoms with Crippen LogP contribution >= 0.6 is 0 Å². The second kappa shape index (κ2) is 14.8. The third kappa shape index (κ3) is 16.4. The van der Waals surface area contributed by atoms with Crippen LogP contribution in [-0.2, 0) is 19.1 Å². The van der Waals surface area contributed by atoms with Gasteiger partial charge in [0.2, 0.25) is 0 Å². The molecular formula is C17H30O4. The van der Waals surface area contributed by atoms with Crippen molar-refractivity contribution >= 4 is 11.9 Å². The molecule has 0 aromatic carbocycles. The summed E-state index contributed by atoms with van der Waals surface area (Å²) in [5.74, 6) is -0.566. The van der Waals surface area contributed by atoms with Crippen molar-refractivity contribution in [2.75, 3.05) is 13.2 Å². The summed E-state index contributed by atoms with van der Waals surface area (Å²) in [5, 5.41) is 0. The van der Waals surface area contributed by atoms with Crippen LogP contribution in [0.3, 0.4) is 0 Å². The molecule has 4 nitrogen and oxygen atoms in total. The Kier molecular flexibility index (Phi) is 15.3. The van der Waals surface area contributed by atoms with Crippen LogP contribution in [0.2, 0.25) is 0 Å². The van der Waals surface area contributed by atoms with Crippen LogP contribution in [0.1, 0.15) is 59.8 Å². The second-order valence-electron chi connectivity index (χ2n) is 4.89. The fourth-order valence-electron chi connectivity index (χ4n) is 1.13. The number of ether oxygens (including phenoxy) is 2. The molecule has 0 saturated carbocycles. The van der Waals surface area contributed by atoms with Crippen molar-refractivity contribution < 1.29 is 19.1 Å². The van der Waals surface area contributed by atoms with Crippen LogP contribution in [0.25, 0.3) is 0 Å². The molecule has 0 radical (unpaired) electrons. The van der Waals surface area contributed by atoms with Crippen LogP contribution in [0.5, 0.6) is 0 Å². The number of carbonyl (C=O) groups is 2. The molecule has 0 rings (SSSR count). The van der Waals surface area contributed by atoms with Crippen molar-refractivity contribution in [2.24, 2.45) is 0 Å². The monoisotopic (exact) mass is 298 g/mol. The van der Waals surface area contributed by atoms with E-state index in [1.54, 1.807) is 13.8 Å². The Bertz CT molecular complexity index is 332. The second-order valence-corrected chi connectivity index (χ2v) is 4.89. The summed E-state index contributed by atoms with van der Waals surface area (Å²) in [7, 11) is 0. The van der Waals surface area contributed by atoms with E-state index in [1.807, 2.05) is 6.92 Å². The first-order chi connectivity index (χ1) is 9.86. The number of rotatable bonds is 9. The highest BCUT2D eigenvalue weighted by atomic mass is 16.5. The number of hydrogen-bond acceptors (Lipinski definition) is 4. The van der Waals surface area contributed by atoms with Gasteiger partial charge in [-0.3, -0.25) is 0 Å². The summed E-state index contributed by atoms with van der Waals surface area (Å²) in [6.45, 7) is 15.4. The standard InChI is InChI=1S/C10H18O2.C7H12O2/c1-4-5-6-7-8-12-10(11)9(2)3;1-4-5-9-7(8)6(2)3/h2,4-8H2,1,3H3;2,4-5H2,1,3H3. The maximum Gasteiger partial charge on any atom is 0.333 e. The average molecular weight is 298 g/mol. The van der Waals surface area contributed by atoms with Crippen LogP contribution in [0, 0.1) is 0 Å². The molecule has 0 aliphatic carbocycles. The summed E-state index contributed by atoms with van der Waals surface area (Å²) >= 11 is 0. The van der Waals surface area contributed by atoms with Gasteiger partial charge < -0.3 is 9.47 Å². The van der Waals surface area contributed by atoms with Gasteiger partial charge in [0.1, 0.15) is 0 Å². The molecule has 0 bridgehead atoms. The Morgan fingerprint density at radius 1 is 0.762 bits per heavy atom. The zero-order valence-corrected chi connectivity index (χ0v) is 14.0. The van der Waals surface area contributed by atoms with E-state index in [4.69, 9.17) is 9.47 Å². The molecule has 0 atom stereocenters. The molecule has 21 heavy (non-hydrogen) atoms. The summed E-state index contributed by atoms with van der Waals surface area (Å²) in [6.07, 6.45) is 5.38. The lowest BCUT2D eigenvalue weighted by Gasteiger charge is -2.02.